The average Bonchev–Trinajstić information content (AvgIpc) is 2.53. The first kappa shape index (κ1) is 14.7. The van der Waals surface area contributed by atoms with Crippen molar-refractivity contribution in [2.45, 2.75) is 0 Å². The highest BCUT2D eigenvalue weighted by atomic mass is 35.5. The summed E-state index contributed by atoms with van der Waals surface area (Å²) in [6.45, 7) is 2.90. The number of hydrogen-bond donors (Lipinski definition) is 1. The van der Waals surface area contributed by atoms with Crippen LogP contribution in [0.15, 0.2) is 30.3 Å². The molecule has 1 aliphatic heterocycles. The molecule has 1 heterocycles. The maximum atomic E-state index is 11.9. The van der Waals surface area contributed by atoms with E-state index in [2.05, 4.69) is 10.2 Å². The van der Waals surface area contributed by atoms with Gasteiger partial charge in [-0.3, -0.25) is 9.59 Å². The second-order valence-electron chi connectivity index (χ2n) is 4.56. The van der Waals surface area contributed by atoms with E-state index in [-0.39, 0.29) is 0 Å². The fourth-order valence-electron chi connectivity index (χ4n) is 2.19. The van der Waals surface area contributed by atoms with Crippen LogP contribution in [0.2, 0.25) is 0 Å². The lowest BCUT2D eigenvalue weighted by Crippen LogP contribution is -2.52. The number of benzene rings is 1. The molecule has 108 valence electrons. The number of amides is 2. The third-order valence-electron chi connectivity index (χ3n) is 3.26. The molecule has 1 aromatic carbocycles. The van der Waals surface area contributed by atoms with Gasteiger partial charge in [-0.2, -0.15) is 0 Å². The van der Waals surface area contributed by atoms with Crippen LogP contribution in [-0.4, -0.2) is 55.3 Å². The van der Waals surface area contributed by atoms with Crippen molar-refractivity contribution in [3.8, 4) is 0 Å². The lowest BCUT2D eigenvalue weighted by atomic mass is 10.2. The Bertz CT molecular complexity index is 459. The number of carbonyl (C=O) groups is 2. The number of piperazine rings is 1. The molecule has 0 spiro atoms. The number of rotatable bonds is 3. The number of halogens is 1. The predicted molar refractivity (Wildman–Crippen MR) is 79.0 cm³/mol. The van der Waals surface area contributed by atoms with Crippen molar-refractivity contribution in [2.75, 3.05) is 43.5 Å². The van der Waals surface area contributed by atoms with Crippen molar-refractivity contribution in [3.05, 3.63) is 30.3 Å². The summed E-state index contributed by atoms with van der Waals surface area (Å²) in [5, 5.41) is 2.50. The summed E-state index contributed by atoms with van der Waals surface area (Å²) < 4.78 is 0. The molecule has 2 amide bonds. The van der Waals surface area contributed by atoms with Gasteiger partial charge in [-0.05, 0) is 12.1 Å². The van der Waals surface area contributed by atoms with E-state index >= 15 is 0 Å². The van der Waals surface area contributed by atoms with E-state index in [4.69, 9.17) is 11.6 Å². The summed E-state index contributed by atoms with van der Waals surface area (Å²) in [4.78, 5) is 27.3. The normalized spacial score (nSPS) is 15.1. The van der Waals surface area contributed by atoms with Crippen molar-refractivity contribution in [2.24, 2.45) is 0 Å². The summed E-state index contributed by atoms with van der Waals surface area (Å²) in [6.07, 6.45) is 0. The molecule has 0 aliphatic carbocycles. The fraction of sp³-hybridized carbons (Fsp3) is 0.429. The van der Waals surface area contributed by atoms with Gasteiger partial charge in [0.05, 0.1) is 0 Å². The Labute approximate surface area is 123 Å². The Morgan fingerprint density at radius 2 is 1.75 bits per heavy atom. The Kier molecular flexibility index (Phi) is 5.24. The average molecular weight is 296 g/mol. The summed E-state index contributed by atoms with van der Waals surface area (Å²) in [5.41, 5.74) is 1.14. The number of nitrogens with one attached hydrogen (secondary N) is 1. The van der Waals surface area contributed by atoms with E-state index in [1.165, 1.54) is 0 Å². The quantitative estimate of drug-likeness (QED) is 0.659. The molecule has 1 aliphatic rings. The van der Waals surface area contributed by atoms with E-state index in [0.717, 1.165) is 18.8 Å². The second-order valence-corrected chi connectivity index (χ2v) is 4.94. The zero-order valence-electron chi connectivity index (χ0n) is 11.2. The van der Waals surface area contributed by atoms with Crippen LogP contribution in [0.4, 0.5) is 5.69 Å². The van der Waals surface area contributed by atoms with Crippen molar-refractivity contribution in [1.29, 1.82) is 0 Å². The van der Waals surface area contributed by atoms with E-state index in [9.17, 15) is 9.59 Å². The highest BCUT2D eigenvalue weighted by Crippen LogP contribution is 2.15. The smallest absolute Gasteiger partial charge is 0.312 e. The van der Waals surface area contributed by atoms with Gasteiger partial charge in [0.25, 0.3) is 0 Å². The Morgan fingerprint density at radius 1 is 1.10 bits per heavy atom. The van der Waals surface area contributed by atoms with Crippen LogP contribution >= 0.6 is 11.6 Å². The number of alkyl halides is 1. The van der Waals surface area contributed by atoms with Crippen molar-refractivity contribution in [3.63, 3.8) is 0 Å². The number of carbonyl (C=O) groups excluding carboxylic acids is 2. The van der Waals surface area contributed by atoms with E-state index in [1.54, 1.807) is 4.90 Å². The van der Waals surface area contributed by atoms with Crippen molar-refractivity contribution in [1.82, 2.24) is 10.2 Å². The fourth-order valence-corrected chi connectivity index (χ4v) is 2.28. The Hall–Kier alpha value is -1.75. The maximum Gasteiger partial charge on any atom is 0.312 e. The Balaban J connectivity index is 1.85. The van der Waals surface area contributed by atoms with Crippen LogP contribution in [0.1, 0.15) is 0 Å². The maximum absolute atomic E-state index is 11.9. The van der Waals surface area contributed by atoms with Gasteiger partial charge < -0.3 is 15.1 Å². The molecule has 0 saturated carbocycles. The zero-order chi connectivity index (χ0) is 14.4. The molecule has 0 aromatic heterocycles. The van der Waals surface area contributed by atoms with Crippen LogP contribution in [0.5, 0.6) is 0 Å². The topological polar surface area (TPSA) is 52.7 Å². The van der Waals surface area contributed by atoms with Crippen LogP contribution in [0.25, 0.3) is 0 Å². The van der Waals surface area contributed by atoms with Gasteiger partial charge in [-0.25, -0.2) is 0 Å². The van der Waals surface area contributed by atoms with Gasteiger partial charge in [0.1, 0.15) is 0 Å². The van der Waals surface area contributed by atoms with Gasteiger partial charge in [0.2, 0.25) is 0 Å². The molecule has 1 saturated heterocycles. The summed E-state index contributed by atoms with van der Waals surface area (Å²) in [5.74, 6) is -0.734. The largest absolute Gasteiger partial charge is 0.368 e. The van der Waals surface area contributed by atoms with Gasteiger partial charge in [-0.1, -0.05) is 18.2 Å². The third kappa shape index (κ3) is 3.63. The van der Waals surface area contributed by atoms with Crippen LogP contribution in [0.3, 0.4) is 0 Å². The summed E-state index contributed by atoms with van der Waals surface area (Å²) in [7, 11) is 0. The Morgan fingerprint density at radius 3 is 2.35 bits per heavy atom. The van der Waals surface area contributed by atoms with Crippen LogP contribution in [0, 0.1) is 0 Å². The monoisotopic (exact) mass is 295 g/mol. The lowest BCUT2D eigenvalue weighted by Gasteiger charge is -2.35. The number of hydrogen-bond acceptors (Lipinski definition) is 3. The highest BCUT2D eigenvalue weighted by Gasteiger charge is 2.25. The van der Waals surface area contributed by atoms with Gasteiger partial charge >= 0.3 is 11.8 Å². The van der Waals surface area contributed by atoms with E-state index < -0.39 is 11.8 Å². The minimum Gasteiger partial charge on any atom is -0.368 e. The number of para-hydroxylation sites is 1. The molecule has 0 unspecified atom stereocenters. The summed E-state index contributed by atoms with van der Waals surface area (Å²) in [6, 6.07) is 10.1. The first-order valence-electron chi connectivity index (χ1n) is 6.65. The summed E-state index contributed by atoms with van der Waals surface area (Å²) >= 11 is 5.48. The van der Waals surface area contributed by atoms with Crippen molar-refractivity contribution < 1.29 is 9.59 Å². The minimum atomic E-state index is -0.571. The first-order chi connectivity index (χ1) is 9.72. The van der Waals surface area contributed by atoms with Crippen molar-refractivity contribution >= 4 is 29.1 Å². The minimum absolute atomic E-state index is 0.306. The molecular formula is C14H18ClN3O2. The van der Waals surface area contributed by atoms with Gasteiger partial charge in [0.15, 0.2) is 0 Å². The molecule has 6 heteroatoms. The number of anilines is 1. The molecule has 1 aromatic rings. The zero-order valence-corrected chi connectivity index (χ0v) is 12.0. The number of nitrogens with zero attached hydrogens (tertiary/aromatic N) is 2. The van der Waals surface area contributed by atoms with E-state index in [1.807, 2.05) is 30.3 Å². The second kappa shape index (κ2) is 7.14. The molecule has 0 atom stereocenters. The van der Waals surface area contributed by atoms with Crippen LogP contribution in [-0.2, 0) is 9.59 Å². The van der Waals surface area contributed by atoms with Gasteiger partial charge in [0, 0.05) is 44.3 Å². The molecule has 0 bridgehead atoms. The lowest BCUT2D eigenvalue weighted by molar-refractivity contribution is -0.146. The molecule has 1 fully saturated rings. The highest BCUT2D eigenvalue weighted by molar-refractivity contribution is 6.35. The van der Waals surface area contributed by atoms with Gasteiger partial charge in [-0.15, -0.1) is 11.6 Å². The molecule has 1 N–H and O–H groups in total. The molecule has 5 nitrogen and oxygen atoms in total. The van der Waals surface area contributed by atoms with E-state index in [0.29, 0.717) is 25.5 Å². The first-order valence-corrected chi connectivity index (χ1v) is 7.19. The van der Waals surface area contributed by atoms with Crippen LogP contribution < -0.4 is 10.2 Å². The molecule has 20 heavy (non-hydrogen) atoms. The third-order valence-corrected chi connectivity index (χ3v) is 3.45. The molecule has 2 rings (SSSR count). The predicted octanol–water partition coefficient (Wildman–Crippen LogP) is 0.690. The standard InChI is InChI=1S/C14H18ClN3O2/c15-6-7-16-13(19)14(20)18-10-8-17(9-11-18)12-4-2-1-3-5-12/h1-5H,6-11H2,(H,16,19). The SMILES string of the molecule is O=C(NCCCl)C(=O)N1CCN(c2ccccc2)CC1. The molecule has 0 radical (unpaired) electrons. The molecular weight excluding hydrogens is 278 g/mol.